The van der Waals surface area contributed by atoms with Crippen LogP contribution in [-0.2, 0) is 4.79 Å². The largest absolute Gasteiger partial charge is 0.322 e. The molecule has 0 spiro atoms. The van der Waals surface area contributed by atoms with E-state index in [4.69, 9.17) is 0 Å². The first kappa shape index (κ1) is 13.6. The van der Waals surface area contributed by atoms with Crippen LogP contribution in [0.2, 0.25) is 0 Å². The molecular formula is C17H24N2O. The van der Waals surface area contributed by atoms with Crippen molar-refractivity contribution < 1.29 is 4.79 Å². The summed E-state index contributed by atoms with van der Waals surface area (Å²) in [6.07, 6.45) is 3.90. The number of hydrogen-bond donors (Lipinski definition) is 1. The van der Waals surface area contributed by atoms with Gasteiger partial charge in [-0.1, -0.05) is 36.6 Å². The highest BCUT2D eigenvalue weighted by molar-refractivity contribution is 5.84. The van der Waals surface area contributed by atoms with Gasteiger partial charge in [0.15, 0.2) is 0 Å². The molecule has 1 N–H and O–H groups in total. The molecule has 1 aromatic rings. The molecule has 3 rings (SSSR count). The normalized spacial score (nSPS) is 26.4. The van der Waals surface area contributed by atoms with E-state index in [1.807, 2.05) is 11.8 Å². The molecule has 2 fully saturated rings. The van der Waals surface area contributed by atoms with Crippen LogP contribution in [0, 0.1) is 19.8 Å². The molecule has 1 saturated carbocycles. The van der Waals surface area contributed by atoms with Crippen molar-refractivity contribution in [1.29, 1.82) is 0 Å². The zero-order chi connectivity index (χ0) is 14.3. The Morgan fingerprint density at radius 3 is 2.75 bits per heavy atom. The quantitative estimate of drug-likeness (QED) is 0.914. The van der Waals surface area contributed by atoms with Gasteiger partial charge in [0.25, 0.3) is 0 Å². The number of aryl methyl sites for hydroxylation is 2. The Kier molecular flexibility index (Phi) is 3.55. The van der Waals surface area contributed by atoms with Crippen LogP contribution in [0.5, 0.6) is 0 Å². The summed E-state index contributed by atoms with van der Waals surface area (Å²) < 4.78 is 0. The lowest BCUT2D eigenvalue weighted by atomic mass is 10.0. The maximum Gasteiger partial charge on any atom is 0.241 e. The highest BCUT2D eigenvalue weighted by Crippen LogP contribution is 2.35. The molecule has 0 aromatic heterocycles. The van der Waals surface area contributed by atoms with Crippen LogP contribution < -0.4 is 5.32 Å². The Morgan fingerprint density at radius 2 is 2.05 bits per heavy atom. The van der Waals surface area contributed by atoms with Gasteiger partial charge in [-0.15, -0.1) is 0 Å². The maximum atomic E-state index is 12.4. The molecule has 2 unspecified atom stereocenters. The fourth-order valence-corrected chi connectivity index (χ4v) is 3.05. The average molecular weight is 272 g/mol. The summed E-state index contributed by atoms with van der Waals surface area (Å²) in [7, 11) is 0. The SMILES string of the molecule is Cc1ccc(C)c(C2NC(C)C(=O)N2CCC2CC2)c1. The topological polar surface area (TPSA) is 32.3 Å². The van der Waals surface area contributed by atoms with E-state index in [-0.39, 0.29) is 18.1 Å². The Balaban J connectivity index is 1.84. The van der Waals surface area contributed by atoms with Crippen LogP contribution in [0.3, 0.4) is 0 Å². The molecule has 1 heterocycles. The summed E-state index contributed by atoms with van der Waals surface area (Å²) >= 11 is 0. The fraction of sp³-hybridized carbons (Fsp3) is 0.588. The molecule has 1 aliphatic carbocycles. The minimum atomic E-state index is -0.0703. The molecule has 1 saturated heterocycles. The Labute approximate surface area is 121 Å². The van der Waals surface area contributed by atoms with E-state index in [1.54, 1.807) is 0 Å². The molecule has 0 radical (unpaired) electrons. The number of nitrogens with zero attached hydrogens (tertiary/aromatic N) is 1. The van der Waals surface area contributed by atoms with Crippen molar-refractivity contribution in [3.05, 3.63) is 34.9 Å². The van der Waals surface area contributed by atoms with Gasteiger partial charge in [0.2, 0.25) is 5.91 Å². The number of benzene rings is 1. The van der Waals surface area contributed by atoms with Crippen LogP contribution in [0.1, 0.15) is 49.0 Å². The molecule has 0 bridgehead atoms. The van der Waals surface area contributed by atoms with Crippen molar-refractivity contribution in [3.63, 3.8) is 0 Å². The number of amides is 1. The minimum Gasteiger partial charge on any atom is -0.322 e. The predicted molar refractivity (Wildman–Crippen MR) is 80.3 cm³/mol. The van der Waals surface area contributed by atoms with Gasteiger partial charge in [-0.25, -0.2) is 0 Å². The summed E-state index contributed by atoms with van der Waals surface area (Å²) in [5.41, 5.74) is 3.76. The third kappa shape index (κ3) is 2.59. The molecule has 108 valence electrons. The van der Waals surface area contributed by atoms with Crippen molar-refractivity contribution in [2.24, 2.45) is 5.92 Å². The molecule has 2 atom stereocenters. The lowest BCUT2D eigenvalue weighted by molar-refractivity contribution is -0.129. The molecule has 1 aliphatic heterocycles. The van der Waals surface area contributed by atoms with Crippen molar-refractivity contribution in [1.82, 2.24) is 10.2 Å². The maximum absolute atomic E-state index is 12.4. The Morgan fingerprint density at radius 1 is 1.30 bits per heavy atom. The second kappa shape index (κ2) is 5.21. The van der Waals surface area contributed by atoms with Crippen molar-refractivity contribution in [3.8, 4) is 0 Å². The average Bonchev–Trinajstić information content (AvgIpc) is 3.20. The van der Waals surface area contributed by atoms with Gasteiger partial charge < -0.3 is 4.90 Å². The third-order valence-corrected chi connectivity index (χ3v) is 4.58. The van der Waals surface area contributed by atoms with Gasteiger partial charge in [-0.05, 0) is 44.2 Å². The highest BCUT2D eigenvalue weighted by atomic mass is 16.2. The molecular weight excluding hydrogens is 248 g/mol. The summed E-state index contributed by atoms with van der Waals surface area (Å²) in [6.45, 7) is 7.09. The van der Waals surface area contributed by atoms with E-state index in [9.17, 15) is 4.79 Å². The molecule has 20 heavy (non-hydrogen) atoms. The second-order valence-corrected chi connectivity index (χ2v) is 6.41. The molecule has 3 nitrogen and oxygen atoms in total. The summed E-state index contributed by atoms with van der Waals surface area (Å²) in [5.74, 6) is 1.11. The second-order valence-electron chi connectivity index (χ2n) is 6.41. The number of rotatable bonds is 4. The van der Waals surface area contributed by atoms with Gasteiger partial charge >= 0.3 is 0 Å². The first-order valence-corrected chi connectivity index (χ1v) is 7.70. The van der Waals surface area contributed by atoms with Crippen LogP contribution in [0.25, 0.3) is 0 Å². The third-order valence-electron chi connectivity index (χ3n) is 4.58. The van der Waals surface area contributed by atoms with E-state index in [0.717, 1.165) is 18.9 Å². The van der Waals surface area contributed by atoms with E-state index in [2.05, 4.69) is 37.4 Å². The van der Waals surface area contributed by atoms with Gasteiger partial charge in [-0.3, -0.25) is 10.1 Å². The summed E-state index contributed by atoms with van der Waals surface area (Å²) in [4.78, 5) is 14.4. The highest BCUT2D eigenvalue weighted by Gasteiger charge is 2.38. The van der Waals surface area contributed by atoms with Gasteiger partial charge in [-0.2, -0.15) is 0 Å². The van der Waals surface area contributed by atoms with E-state index < -0.39 is 0 Å². The summed E-state index contributed by atoms with van der Waals surface area (Å²) in [6, 6.07) is 6.42. The zero-order valence-electron chi connectivity index (χ0n) is 12.6. The monoisotopic (exact) mass is 272 g/mol. The predicted octanol–water partition coefficient (Wildman–Crippen LogP) is 2.92. The first-order valence-electron chi connectivity index (χ1n) is 7.70. The van der Waals surface area contributed by atoms with E-state index >= 15 is 0 Å². The van der Waals surface area contributed by atoms with Crippen LogP contribution in [0.4, 0.5) is 0 Å². The van der Waals surface area contributed by atoms with E-state index in [0.29, 0.717) is 0 Å². The number of carbonyl (C=O) groups is 1. The van der Waals surface area contributed by atoms with Crippen LogP contribution >= 0.6 is 0 Å². The molecule has 1 amide bonds. The van der Waals surface area contributed by atoms with Crippen LogP contribution in [-0.4, -0.2) is 23.4 Å². The van der Waals surface area contributed by atoms with Crippen molar-refractivity contribution >= 4 is 5.91 Å². The lowest BCUT2D eigenvalue weighted by Gasteiger charge is -2.26. The molecule has 3 heteroatoms. The fourth-order valence-electron chi connectivity index (χ4n) is 3.05. The van der Waals surface area contributed by atoms with Gasteiger partial charge in [0.1, 0.15) is 6.17 Å². The first-order chi connectivity index (χ1) is 9.56. The standard InChI is InChI=1S/C17H24N2O/c1-11-4-5-12(2)15(10-11)16-18-13(3)17(20)19(16)9-8-14-6-7-14/h4-5,10,13-14,16,18H,6-9H2,1-3H3. The number of nitrogens with one attached hydrogen (secondary N) is 1. The minimum absolute atomic E-state index is 0.0520. The van der Waals surface area contributed by atoms with Crippen molar-refractivity contribution in [2.75, 3.05) is 6.54 Å². The lowest BCUT2D eigenvalue weighted by Crippen LogP contribution is -2.32. The molecule has 1 aromatic carbocycles. The smallest absolute Gasteiger partial charge is 0.241 e. The van der Waals surface area contributed by atoms with E-state index in [1.165, 1.54) is 29.5 Å². The zero-order valence-corrected chi connectivity index (χ0v) is 12.6. The number of hydrogen-bond acceptors (Lipinski definition) is 2. The molecule has 2 aliphatic rings. The Bertz CT molecular complexity index is 522. The number of carbonyl (C=O) groups excluding carboxylic acids is 1. The summed E-state index contributed by atoms with van der Waals surface area (Å²) in [5, 5.41) is 3.46. The van der Waals surface area contributed by atoms with Gasteiger partial charge in [0, 0.05) is 6.54 Å². The van der Waals surface area contributed by atoms with Crippen LogP contribution in [0.15, 0.2) is 18.2 Å². The van der Waals surface area contributed by atoms with Gasteiger partial charge in [0.05, 0.1) is 6.04 Å². The van der Waals surface area contributed by atoms with Crippen molar-refractivity contribution in [2.45, 2.75) is 52.2 Å². The Hall–Kier alpha value is -1.35.